The van der Waals surface area contributed by atoms with E-state index in [4.69, 9.17) is 0 Å². The molecule has 1 unspecified atom stereocenters. The predicted molar refractivity (Wildman–Crippen MR) is 59.3 cm³/mol. The number of hydrogen-bond acceptors (Lipinski definition) is 0. The van der Waals surface area contributed by atoms with Gasteiger partial charge in [0.1, 0.15) is 0 Å². The Morgan fingerprint density at radius 2 is 1.92 bits per heavy atom. The first-order valence-corrected chi connectivity index (χ1v) is 5.28. The van der Waals surface area contributed by atoms with E-state index in [0.29, 0.717) is 5.92 Å². The first-order chi connectivity index (χ1) is 6.19. The molecule has 1 rings (SSSR count). The van der Waals surface area contributed by atoms with Crippen molar-refractivity contribution in [3.05, 3.63) is 34.9 Å². The number of benzene rings is 1. The summed E-state index contributed by atoms with van der Waals surface area (Å²) in [6.07, 6.45) is 2.39. The van der Waals surface area contributed by atoms with Crippen LogP contribution < -0.4 is 0 Å². The Morgan fingerprint density at radius 1 is 1.23 bits per heavy atom. The molecule has 0 heteroatoms. The molecule has 0 aliphatic rings. The molecule has 0 heterocycles. The van der Waals surface area contributed by atoms with Crippen molar-refractivity contribution in [2.45, 2.75) is 46.5 Å². The molecule has 0 fully saturated rings. The van der Waals surface area contributed by atoms with E-state index in [-0.39, 0.29) is 0 Å². The van der Waals surface area contributed by atoms with Crippen LogP contribution in [0.4, 0.5) is 0 Å². The zero-order valence-electron chi connectivity index (χ0n) is 9.22. The minimum atomic E-state index is 0.704. The topological polar surface area (TPSA) is 0 Å². The average molecular weight is 176 g/mol. The molecule has 0 spiro atoms. The van der Waals surface area contributed by atoms with Crippen LogP contribution in [0.3, 0.4) is 0 Å². The monoisotopic (exact) mass is 176 g/mol. The molecule has 0 radical (unpaired) electrons. The highest BCUT2D eigenvalue weighted by atomic mass is 14.1. The van der Waals surface area contributed by atoms with E-state index in [1.54, 1.807) is 0 Å². The third-order valence-electron chi connectivity index (χ3n) is 2.82. The van der Waals surface area contributed by atoms with Gasteiger partial charge < -0.3 is 0 Å². The van der Waals surface area contributed by atoms with Crippen LogP contribution in [0.25, 0.3) is 0 Å². The quantitative estimate of drug-likeness (QED) is 0.651. The molecule has 1 atom stereocenters. The van der Waals surface area contributed by atoms with E-state index in [2.05, 4.69) is 45.9 Å². The highest BCUT2D eigenvalue weighted by Gasteiger charge is 2.07. The molecule has 0 N–H and O–H groups in total. The lowest BCUT2D eigenvalue weighted by Crippen LogP contribution is -1.97. The summed E-state index contributed by atoms with van der Waals surface area (Å²) >= 11 is 0. The minimum Gasteiger partial charge on any atom is -0.0648 e. The van der Waals surface area contributed by atoms with Gasteiger partial charge in [-0.1, -0.05) is 44.5 Å². The van der Waals surface area contributed by atoms with Crippen molar-refractivity contribution in [3.63, 3.8) is 0 Å². The Bertz CT molecular complexity index is 273. The lowest BCUT2D eigenvalue weighted by Gasteiger charge is -2.14. The van der Waals surface area contributed by atoms with Crippen LogP contribution in [-0.2, 0) is 6.42 Å². The molecule has 0 saturated heterocycles. The van der Waals surface area contributed by atoms with Gasteiger partial charge in [0.05, 0.1) is 0 Å². The van der Waals surface area contributed by atoms with Crippen LogP contribution in [0, 0.1) is 6.92 Å². The molecule has 0 aliphatic carbocycles. The summed E-state index contributed by atoms with van der Waals surface area (Å²) in [7, 11) is 0. The highest BCUT2D eigenvalue weighted by Crippen LogP contribution is 2.23. The fourth-order valence-electron chi connectivity index (χ4n) is 1.74. The Balaban J connectivity index is 3.05. The zero-order valence-corrected chi connectivity index (χ0v) is 9.22. The molecule has 0 saturated carbocycles. The number of aryl methyl sites for hydroxylation is 2. The molecule has 13 heavy (non-hydrogen) atoms. The molecule has 0 bridgehead atoms. The van der Waals surface area contributed by atoms with Gasteiger partial charge in [0.2, 0.25) is 0 Å². The fourth-order valence-corrected chi connectivity index (χ4v) is 1.74. The molecule has 0 amide bonds. The maximum Gasteiger partial charge on any atom is -0.0190 e. The molecule has 0 aromatic heterocycles. The molecule has 1 aromatic rings. The summed E-state index contributed by atoms with van der Waals surface area (Å²) in [6.45, 7) is 8.97. The van der Waals surface area contributed by atoms with Crippen LogP contribution >= 0.6 is 0 Å². The van der Waals surface area contributed by atoms with Crippen molar-refractivity contribution in [1.29, 1.82) is 0 Å². The summed E-state index contributed by atoms with van der Waals surface area (Å²) in [5.74, 6) is 0.704. The van der Waals surface area contributed by atoms with E-state index < -0.39 is 0 Å². The van der Waals surface area contributed by atoms with Gasteiger partial charge in [0.15, 0.2) is 0 Å². The highest BCUT2D eigenvalue weighted by molar-refractivity contribution is 5.33. The van der Waals surface area contributed by atoms with Crippen molar-refractivity contribution in [2.24, 2.45) is 0 Å². The smallest absolute Gasteiger partial charge is 0.0190 e. The zero-order chi connectivity index (χ0) is 9.84. The largest absolute Gasteiger partial charge is 0.0648 e. The molecule has 0 aliphatic heterocycles. The third-order valence-corrected chi connectivity index (χ3v) is 2.82. The van der Waals surface area contributed by atoms with Crippen molar-refractivity contribution in [1.82, 2.24) is 0 Å². The summed E-state index contributed by atoms with van der Waals surface area (Å²) in [6, 6.07) is 6.84. The Morgan fingerprint density at radius 3 is 2.46 bits per heavy atom. The SMILES string of the molecule is CCc1cc(C)ccc1C(C)CC. The second kappa shape index (κ2) is 4.45. The number of rotatable bonds is 3. The Hall–Kier alpha value is -0.780. The van der Waals surface area contributed by atoms with E-state index >= 15 is 0 Å². The van der Waals surface area contributed by atoms with E-state index in [9.17, 15) is 0 Å². The Labute approximate surface area is 82.0 Å². The van der Waals surface area contributed by atoms with Crippen LogP contribution in [-0.4, -0.2) is 0 Å². The fraction of sp³-hybridized carbons (Fsp3) is 0.538. The normalized spacial score (nSPS) is 12.9. The lowest BCUT2D eigenvalue weighted by molar-refractivity contribution is 0.723. The van der Waals surface area contributed by atoms with Crippen LogP contribution in [0.5, 0.6) is 0 Å². The summed E-state index contributed by atoms with van der Waals surface area (Å²) in [4.78, 5) is 0. The molecule has 1 aromatic carbocycles. The van der Waals surface area contributed by atoms with E-state index in [0.717, 1.165) is 6.42 Å². The third kappa shape index (κ3) is 2.33. The maximum atomic E-state index is 2.32. The lowest BCUT2D eigenvalue weighted by atomic mass is 9.91. The first-order valence-electron chi connectivity index (χ1n) is 5.28. The van der Waals surface area contributed by atoms with Gasteiger partial charge in [-0.25, -0.2) is 0 Å². The van der Waals surface area contributed by atoms with Crippen molar-refractivity contribution >= 4 is 0 Å². The maximum absolute atomic E-state index is 2.32. The molecule has 72 valence electrons. The van der Waals surface area contributed by atoms with Gasteiger partial charge in [-0.05, 0) is 36.8 Å². The van der Waals surface area contributed by atoms with Gasteiger partial charge in [0, 0.05) is 0 Å². The van der Waals surface area contributed by atoms with Gasteiger partial charge >= 0.3 is 0 Å². The van der Waals surface area contributed by atoms with Crippen LogP contribution in [0.1, 0.15) is 49.8 Å². The summed E-state index contributed by atoms with van der Waals surface area (Å²) in [5, 5.41) is 0. The second-order valence-corrected chi connectivity index (χ2v) is 3.87. The molecular weight excluding hydrogens is 156 g/mol. The summed E-state index contributed by atoms with van der Waals surface area (Å²) in [5.41, 5.74) is 4.44. The van der Waals surface area contributed by atoms with Crippen LogP contribution in [0.2, 0.25) is 0 Å². The summed E-state index contributed by atoms with van der Waals surface area (Å²) < 4.78 is 0. The van der Waals surface area contributed by atoms with Gasteiger partial charge in [-0.2, -0.15) is 0 Å². The molecule has 0 nitrogen and oxygen atoms in total. The minimum absolute atomic E-state index is 0.704. The van der Waals surface area contributed by atoms with Gasteiger partial charge in [-0.3, -0.25) is 0 Å². The van der Waals surface area contributed by atoms with Crippen molar-refractivity contribution < 1.29 is 0 Å². The predicted octanol–water partition coefficient (Wildman–Crippen LogP) is 4.07. The van der Waals surface area contributed by atoms with E-state index in [1.807, 2.05) is 0 Å². The standard InChI is InChI=1S/C13H20/c1-5-11(4)13-8-7-10(3)9-12(13)6-2/h7-9,11H,5-6H2,1-4H3. The number of hydrogen-bond donors (Lipinski definition) is 0. The Kier molecular flexibility index (Phi) is 3.53. The first kappa shape index (κ1) is 10.3. The average Bonchev–Trinajstić information content (AvgIpc) is 2.16. The van der Waals surface area contributed by atoms with Crippen LogP contribution in [0.15, 0.2) is 18.2 Å². The second-order valence-electron chi connectivity index (χ2n) is 3.87. The van der Waals surface area contributed by atoms with Crippen molar-refractivity contribution in [3.8, 4) is 0 Å². The van der Waals surface area contributed by atoms with E-state index in [1.165, 1.54) is 23.1 Å². The van der Waals surface area contributed by atoms with Gasteiger partial charge in [0.25, 0.3) is 0 Å². The van der Waals surface area contributed by atoms with Gasteiger partial charge in [-0.15, -0.1) is 0 Å². The molecular formula is C13H20. The van der Waals surface area contributed by atoms with Crippen molar-refractivity contribution in [2.75, 3.05) is 0 Å².